The van der Waals surface area contributed by atoms with Crippen LogP contribution in [0.15, 0.2) is 23.9 Å². The van der Waals surface area contributed by atoms with Gasteiger partial charge in [-0.2, -0.15) is 5.26 Å². The van der Waals surface area contributed by atoms with Gasteiger partial charge < -0.3 is 10.4 Å². The summed E-state index contributed by atoms with van der Waals surface area (Å²) < 4.78 is 0. The second-order valence-electron chi connectivity index (χ2n) is 3.83. The van der Waals surface area contributed by atoms with Gasteiger partial charge >= 0.3 is 5.97 Å². The van der Waals surface area contributed by atoms with Gasteiger partial charge in [-0.05, 0) is 25.5 Å². The van der Waals surface area contributed by atoms with Crippen LogP contribution in [0.5, 0.6) is 0 Å². The zero-order chi connectivity index (χ0) is 14.6. The fourth-order valence-electron chi connectivity index (χ4n) is 1.44. The minimum atomic E-state index is -1.34. The molecule has 1 aromatic rings. The van der Waals surface area contributed by atoms with Crippen LogP contribution in [0, 0.1) is 35.3 Å². The Labute approximate surface area is 108 Å². The molecule has 7 heteroatoms. The lowest BCUT2D eigenvalue weighted by Gasteiger charge is -2.07. The first-order chi connectivity index (χ1) is 8.86. The van der Waals surface area contributed by atoms with Crippen molar-refractivity contribution in [3.63, 3.8) is 0 Å². The number of nitrogens with zero attached hydrogens (tertiary/aromatic N) is 2. The Morgan fingerprint density at radius 2 is 2.11 bits per heavy atom. The fourth-order valence-corrected chi connectivity index (χ4v) is 1.44. The van der Waals surface area contributed by atoms with Crippen molar-refractivity contribution >= 4 is 17.3 Å². The van der Waals surface area contributed by atoms with Gasteiger partial charge in [0.1, 0.15) is 6.07 Å². The lowest BCUT2D eigenvalue weighted by atomic mass is 10.1. The number of aryl methyl sites for hydroxylation is 2. The molecule has 1 rings (SSSR count). The molecule has 0 saturated carbocycles. The highest BCUT2D eigenvalue weighted by Gasteiger charge is 2.13. The van der Waals surface area contributed by atoms with Crippen molar-refractivity contribution in [1.82, 2.24) is 0 Å². The normalized spacial score (nSPS) is 10.7. The fraction of sp³-hybridized carbons (Fsp3) is 0.167. The molecule has 0 aliphatic heterocycles. The van der Waals surface area contributed by atoms with E-state index >= 15 is 0 Å². The number of nitro benzene ring substituents is 1. The first-order valence-electron chi connectivity index (χ1n) is 5.22. The summed E-state index contributed by atoms with van der Waals surface area (Å²) in [4.78, 5) is 20.9. The average molecular weight is 261 g/mol. The van der Waals surface area contributed by atoms with E-state index in [1.54, 1.807) is 13.8 Å². The van der Waals surface area contributed by atoms with E-state index in [0.717, 1.165) is 6.20 Å². The molecule has 0 aliphatic carbocycles. The van der Waals surface area contributed by atoms with Crippen LogP contribution in [0.2, 0.25) is 0 Å². The van der Waals surface area contributed by atoms with Gasteiger partial charge in [-0.15, -0.1) is 0 Å². The summed E-state index contributed by atoms with van der Waals surface area (Å²) in [7, 11) is 0. The molecule has 7 nitrogen and oxygen atoms in total. The molecule has 0 radical (unpaired) electrons. The molecule has 0 spiro atoms. The first-order valence-corrected chi connectivity index (χ1v) is 5.22. The maximum absolute atomic E-state index is 10.7. The highest BCUT2D eigenvalue weighted by molar-refractivity contribution is 5.91. The molecular weight excluding hydrogens is 250 g/mol. The number of carboxylic acid groups (broad SMARTS) is 1. The number of carbonyl (C=O) groups is 1. The van der Waals surface area contributed by atoms with E-state index in [-0.39, 0.29) is 5.69 Å². The van der Waals surface area contributed by atoms with Gasteiger partial charge in [0, 0.05) is 23.5 Å². The van der Waals surface area contributed by atoms with Crippen LogP contribution in [0.25, 0.3) is 0 Å². The molecule has 0 amide bonds. The van der Waals surface area contributed by atoms with E-state index in [1.165, 1.54) is 18.2 Å². The molecule has 0 saturated heterocycles. The zero-order valence-corrected chi connectivity index (χ0v) is 10.3. The Bertz CT molecular complexity index is 614. The van der Waals surface area contributed by atoms with Gasteiger partial charge in [0.15, 0.2) is 5.57 Å². The lowest BCUT2D eigenvalue weighted by molar-refractivity contribution is -0.385. The van der Waals surface area contributed by atoms with Crippen LogP contribution in [0.3, 0.4) is 0 Å². The molecule has 98 valence electrons. The van der Waals surface area contributed by atoms with Gasteiger partial charge in [0.2, 0.25) is 0 Å². The third kappa shape index (κ3) is 3.29. The van der Waals surface area contributed by atoms with Gasteiger partial charge in [0.25, 0.3) is 5.69 Å². The molecule has 0 aliphatic rings. The largest absolute Gasteiger partial charge is 0.477 e. The summed E-state index contributed by atoms with van der Waals surface area (Å²) >= 11 is 0. The van der Waals surface area contributed by atoms with Crippen molar-refractivity contribution in [3.05, 3.63) is 45.1 Å². The monoisotopic (exact) mass is 261 g/mol. The van der Waals surface area contributed by atoms with E-state index in [2.05, 4.69) is 5.32 Å². The Kier molecular flexibility index (Phi) is 4.21. The minimum absolute atomic E-state index is 0.00855. The number of nitro groups is 1. The summed E-state index contributed by atoms with van der Waals surface area (Å²) in [6, 6.07) is 4.44. The van der Waals surface area contributed by atoms with Crippen molar-refractivity contribution in [3.8, 4) is 6.07 Å². The van der Waals surface area contributed by atoms with Gasteiger partial charge in [-0.25, -0.2) is 4.79 Å². The first kappa shape index (κ1) is 14.2. The molecule has 19 heavy (non-hydrogen) atoms. The third-order valence-electron chi connectivity index (χ3n) is 2.46. The molecule has 0 atom stereocenters. The molecule has 1 aromatic carbocycles. The van der Waals surface area contributed by atoms with E-state index in [0.29, 0.717) is 16.8 Å². The SMILES string of the molecule is Cc1cc([N+](=O)[O-])c(C)cc1NC=C(C#N)C(=O)O. The predicted molar refractivity (Wildman–Crippen MR) is 67.5 cm³/mol. The second kappa shape index (κ2) is 5.64. The topological polar surface area (TPSA) is 116 Å². The van der Waals surface area contributed by atoms with Crippen molar-refractivity contribution in [2.45, 2.75) is 13.8 Å². The molecule has 2 N–H and O–H groups in total. The average Bonchev–Trinajstić information content (AvgIpc) is 2.32. The molecule has 0 aromatic heterocycles. The number of anilines is 1. The number of nitriles is 1. The summed E-state index contributed by atoms with van der Waals surface area (Å²) in [6.07, 6.45) is 1.05. The van der Waals surface area contributed by atoms with Crippen LogP contribution in [-0.2, 0) is 4.79 Å². The maximum atomic E-state index is 10.7. The standard InChI is InChI=1S/C12H11N3O4/c1-7-4-11(15(18)19)8(2)3-10(7)14-6-9(5-13)12(16)17/h3-4,6,14H,1-2H3,(H,16,17). The van der Waals surface area contributed by atoms with E-state index in [1.807, 2.05) is 0 Å². The number of rotatable bonds is 4. The Morgan fingerprint density at radius 3 is 2.58 bits per heavy atom. The highest BCUT2D eigenvalue weighted by Crippen LogP contribution is 2.26. The van der Waals surface area contributed by atoms with Crippen LogP contribution >= 0.6 is 0 Å². The minimum Gasteiger partial charge on any atom is -0.477 e. The smallest absolute Gasteiger partial charge is 0.347 e. The second-order valence-corrected chi connectivity index (χ2v) is 3.83. The molecule has 0 unspecified atom stereocenters. The highest BCUT2D eigenvalue weighted by atomic mass is 16.6. The zero-order valence-electron chi connectivity index (χ0n) is 10.3. The number of carboxylic acids is 1. The van der Waals surface area contributed by atoms with Crippen LogP contribution in [0.4, 0.5) is 11.4 Å². The lowest BCUT2D eigenvalue weighted by Crippen LogP contribution is -2.02. The van der Waals surface area contributed by atoms with E-state index < -0.39 is 16.5 Å². The van der Waals surface area contributed by atoms with Gasteiger partial charge in [-0.1, -0.05) is 0 Å². The Balaban J connectivity index is 3.11. The predicted octanol–water partition coefficient (Wildman–Crippen LogP) is 2.12. The third-order valence-corrected chi connectivity index (χ3v) is 2.46. The summed E-state index contributed by atoms with van der Waals surface area (Å²) in [6.45, 7) is 3.23. The van der Waals surface area contributed by atoms with Crippen LogP contribution < -0.4 is 5.32 Å². The van der Waals surface area contributed by atoms with Crippen LogP contribution in [-0.4, -0.2) is 16.0 Å². The van der Waals surface area contributed by atoms with Gasteiger partial charge in [0.05, 0.1) is 4.92 Å². The number of aliphatic carboxylic acids is 1. The molecule has 0 fully saturated rings. The quantitative estimate of drug-likeness (QED) is 0.371. The van der Waals surface area contributed by atoms with E-state index in [4.69, 9.17) is 10.4 Å². The number of hydrogen-bond donors (Lipinski definition) is 2. The molecular formula is C12H11N3O4. The molecule has 0 bridgehead atoms. The van der Waals surface area contributed by atoms with Crippen molar-refractivity contribution in [1.29, 1.82) is 5.26 Å². The number of nitrogens with one attached hydrogen (secondary N) is 1. The number of hydrogen-bond acceptors (Lipinski definition) is 5. The summed E-state index contributed by atoms with van der Waals surface area (Å²) in [5, 5.41) is 30.7. The summed E-state index contributed by atoms with van der Waals surface area (Å²) in [5.41, 5.74) is 1.08. The number of benzene rings is 1. The van der Waals surface area contributed by atoms with Crippen molar-refractivity contribution in [2.75, 3.05) is 5.32 Å². The Hall–Kier alpha value is -2.88. The van der Waals surface area contributed by atoms with Gasteiger partial charge in [-0.3, -0.25) is 10.1 Å². The van der Waals surface area contributed by atoms with Crippen molar-refractivity contribution < 1.29 is 14.8 Å². The van der Waals surface area contributed by atoms with Crippen molar-refractivity contribution in [2.24, 2.45) is 0 Å². The van der Waals surface area contributed by atoms with E-state index in [9.17, 15) is 14.9 Å². The molecule has 0 heterocycles. The summed E-state index contributed by atoms with van der Waals surface area (Å²) in [5.74, 6) is -1.34. The van der Waals surface area contributed by atoms with Crippen LogP contribution in [0.1, 0.15) is 11.1 Å². The maximum Gasteiger partial charge on any atom is 0.347 e. The Morgan fingerprint density at radius 1 is 1.47 bits per heavy atom.